The van der Waals surface area contributed by atoms with Gasteiger partial charge < -0.3 is 29.8 Å². The first-order valence-electron chi connectivity index (χ1n) is 6.71. The Labute approximate surface area is 139 Å². The molecule has 1 fully saturated rings. The Kier molecular flexibility index (Phi) is 4.37. The summed E-state index contributed by atoms with van der Waals surface area (Å²) in [6.07, 6.45) is -3.97. The Bertz CT molecular complexity index is 693. The Morgan fingerprint density at radius 1 is 1.23 bits per heavy atom. The summed E-state index contributed by atoms with van der Waals surface area (Å²) in [6.45, 7) is 1.60. The highest BCUT2D eigenvalue weighted by Crippen LogP contribution is 2.34. The highest BCUT2D eigenvalue weighted by Gasteiger charge is 2.43. The number of aromatic nitrogens is 1. The van der Waals surface area contributed by atoms with Crippen LogP contribution in [0.2, 0.25) is 5.02 Å². The van der Waals surface area contributed by atoms with Crippen LogP contribution in [0.25, 0.3) is 10.9 Å². The van der Waals surface area contributed by atoms with E-state index in [0.29, 0.717) is 15.2 Å². The second-order valence-corrected chi connectivity index (χ2v) is 6.53. The van der Waals surface area contributed by atoms with Crippen molar-refractivity contribution in [2.45, 2.75) is 37.6 Å². The number of aliphatic hydroxyl groups excluding tert-OH is 3. The van der Waals surface area contributed by atoms with E-state index in [1.807, 2.05) is 0 Å². The maximum Gasteiger partial charge on any atom is 0.229 e. The van der Waals surface area contributed by atoms with Crippen LogP contribution in [0, 0.1) is 0 Å². The minimum atomic E-state index is -1.35. The smallest absolute Gasteiger partial charge is 0.229 e. The molecule has 5 atom stereocenters. The molecule has 0 spiro atoms. The van der Waals surface area contributed by atoms with Crippen LogP contribution in [-0.2, 0) is 4.74 Å². The van der Waals surface area contributed by atoms with Gasteiger partial charge in [-0.1, -0.05) is 11.6 Å². The van der Waals surface area contributed by atoms with E-state index in [4.69, 9.17) is 21.1 Å². The van der Waals surface area contributed by atoms with Crippen LogP contribution in [0.1, 0.15) is 6.92 Å². The highest BCUT2D eigenvalue weighted by atomic mass is 79.9. The minimum absolute atomic E-state index is 0.451. The van der Waals surface area contributed by atoms with Gasteiger partial charge in [-0.05, 0) is 35.0 Å². The molecule has 8 heteroatoms. The quantitative estimate of drug-likeness (QED) is 0.625. The highest BCUT2D eigenvalue weighted by molar-refractivity contribution is 9.10. The molecule has 1 aromatic carbocycles. The maximum absolute atomic E-state index is 9.99. The number of rotatable bonds is 2. The number of fused-ring (bicyclic) bond motifs is 1. The first kappa shape index (κ1) is 16.0. The summed E-state index contributed by atoms with van der Waals surface area (Å²) in [5, 5.41) is 30.8. The number of aliphatic hydroxyl groups is 3. The zero-order valence-electron chi connectivity index (χ0n) is 11.5. The monoisotopic (exact) mass is 391 g/mol. The molecule has 22 heavy (non-hydrogen) atoms. The third kappa shape index (κ3) is 2.73. The Morgan fingerprint density at radius 3 is 2.68 bits per heavy atom. The Morgan fingerprint density at radius 2 is 1.95 bits per heavy atom. The molecule has 0 amide bonds. The molecule has 2 aromatic rings. The van der Waals surface area contributed by atoms with Crippen LogP contribution in [0.4, 0.5) is 0 Å². The summed E-state index contributed by atoms with van der Waals surface area (Å²) in [5.74, 6) is 0.451. The summed E-state index contributed by atoms with van der Waals surface area (Å²) in [5.41, 5.74) is 0.766. The fourth-order valence-corrected chi connectivity index (χ4v) is 2.93. The van der Waals surface area contributed by atoms with Crippen molar-refractivity contribution >= 4 is 38.4 Å². The molecule has 0 bridgehead atoms. The van der Waals surface area contributed by atoms with Crippen molar-refractivity contribution in [1.82, 2.24) is 4.98 Å². The van der Waals surface area contributed by atoms with Gasteiger partial charge in [-0.2, -0.15) is 0 Å². The first-order chi connectivity index (χ1) is 10.4. The van der Waals surface area contributed by atoms with Gasteiger partial charge in [0.05, 0.1) is 16.6 Å². The molecular formula is C14H15BrClNO5. The van der Waals surface area contributed by atoms with E-state index in [2.05, 4.69) is 20.9 Å². The normalized spacial score (nSPS) is 32.4. The second kappa shape index (κ2) is 5.99. The fourth-order valence-electron chi connectivity index (χ4n) is 2.42. The van der Waals surface area contributed by atoms with Gasteiger partial charge in [0.1, 0.15) is 24.1 Å². The van der Waals surface area contributed by atoms with Crippen LogP contribution in [0.5, 0.6) is 5.75 Å². The Balaban J connectivity index is 1.88. The average molecular weight is 393 g/mol. The zero-order valence-corrected chi connectivity index (χ0v) is 13.9. The molecule has 1 aromatic heterocycles. The molecule has 6 nitrogen and oxygen atoms in total. The number of halogens is 2. The lowest BCUT2D eigenvalue weighted by Crippen LogP contribution is -2.58. The van der Waals surface area contributed by atoms with E-state index in [9.17, 15) is 15.3 Å². The molecule has 0 radical (unpaired) electrons. The molecule has 1 aliphatic heterocycles. The summed E-state index contributed by atoms with van der Waals surface area (Å²) in [4.78, 5) is 3.01. The number of hydrogen-bond donors (Lipinski definition) is 4. The summed E-state index contributed by atoms with van der Waals surface area (Å²) in [7, 11) is 0. The fraction of sp³-hybridized carbons (Fsp3) is 0.429. The molecule has 3 rings (SSSR count). The van der Waals surface area contributed by atoms with E-state index in [1.54, 1.807) is 25.3 Å². The van der Waals surface area contributed by atoms with Gasteiger partial charge >= 0.3 is 0 Å². The van der Waals surface area contributed by atoms with Crippen LogP contribution in [0.15, 0.2) is 22.8 Å². The molecule has 1 aliphatic rings. The van der Waals surface area contributed by atoms with Crippen LogP contribution in [-0.4, -0.2) is 51.0 Å². The summed E-state index contributed by atoms with van der Waals surface area (Å²) >= 11 is 9.38. The SMILES string of the molecule is C[C@@H]1O[C@@H](Oc2c[nH]c3cc(Cl)c(Br)cc23)[C@@H](O)[C@H](O)[C@@H]1O. The molecule has 120 valence electrons. The van der Waals surface area contributed by atoms with Gasteiger partial charge in [0.25, 0.3) is 0 Å². The van der Waals surface area contributed by atoms with Crippen molar-refractivity contribution < 1.29 is 24.8 Å². The van der Waals surface area contributed by atoms with E-state index in [-0.39, 0.29) is 0 Å². The zero-order chi connectivity index (χ0) is 16.0. The number of hydrogen-bond acceptors (Lipinski definition) is 5. The van der Waals surface area contributed by atoms with E-state index in [0.717, 1.165) is 10.9 Å². The van der Waals surface area contributed by atoms with Gasteiger partial charge in [0.2, 0.25) is 6.29 Å². The Hall–Kier alpha value is -0.830. The standard InChI is InChI=1S/C14H15BrClNO5/c1-5-11(18)12(19)13(20)14(21-5)22-10-4-17-9-3-8(16)7(15)2-6(9)10/h2-5,11-14,17-20H,1H3/t5-,11+,12+,13-,14-/m0/s1. The van der Waals surface area contributed by atoms with Crippen molar-refractivity contribution in [1.29, 1.82) is 0 Å². The molecule has 0 saturated carbocycles. The molecule has 2 heterocycles. The largest absolute Gasteiger partial charge is 0.460 e. The molecule has 0 unspecified atom stereocenters. The molecule has 0 aliphatic carbocycles. The number of aromatic amines is 1. The maximum atomic E-state index is 9.99. The molecule has 1 saturated heterocycles. The van der Waals surface area contributed by atoms with Crippen LogP contribution in [0.3, 0.4) is 0 Å². The van der Waals surface area contributed by atoms with Crippen molar-refractivity contribution in [3.63, 3.8) is 0 Å². The topological polar surface area (TPSA) is 94.9 Å². The first-order valence-corrected chi connectivity index (χ1v) is 7.88. The summed E-state index contributed by atoms with van der Waals surface area (Å²) < 4.78 is 11.8. The van der Waals surface area contributed by atoms with E-state index in [1.165, 1.54) is 0 Å². The lowest BCUT2D eigenvalue weighted by atomic mass is 10.00. The van der Waals surface area contributed by atoms with E-state index < -0.39 is 30.7 Å². The van der Waals surface area contributed by atoms with Crippen molar-refractivity contribution in [2.24, 2.45) is 0 Å². The van der Waals surface area contributed by atoms with Gasteiger partial charge in [0.15, 0.2) is 0 Å². The number of benzene rings is 1. The molecular weight excluding hydrogens is 378 g/mol. The number of nitrogens with one attached hydrogen (secondary N) is 1. The van der Waals surface area contributed by atoms with Crippen molar-refractivity contribution in [3.8, 4) is 5.75 Å². The minimum Gasteiger partial charge on any atom is -0.460 e. The lowest BCUT2D eigenvalue weighted by Gasteiger charge is -2.38. The third-order valence-corrected chi connectivity index (χ3v) is 4.93. The molecule has 4 N–H and O–H groups in total. The van der Waals surface area contributed by atoms with Crippen molar-refractivity contribution in [3.05, 3.63) is 27.8 Å². The number of ether oxygens (including phenoxy) is 2. The lowest BCUT2D eigenvalue weighted by molar-refractivity contribution is -0.267. The summed E-state index contributed by atoms with van der Waals surface area (Å²) in [6, 6.07) is 3.53. The van der Waals surface area contributed by atoms with Gasteiger partial charge in [-0.25, -0.2) is 0 Å². The third-order valence-electron chi connectivity index (χ3n) is 3.74. The second-order valence-electron chi connectivity index (χ2n) is 5.26. The van der Waals surface area contributed by atoms with E-state index >= 15 is 0 Å². The van der Waals surface area contributed by atoms with Crippen LogP contribution < -0.4 is 4.74 Å². The van der Waals surface area contributed by atoms with Gasteiger partial charge in [-0.15, -0.1) is 0 Å². The average Bonchev–Trinajstić information content (AvgIpc) is 2.85. The van der Waals surface area contributed by atoms with Gasteiger partial charge in [-0.3, -0.25) is 0 Å². The van der Waals surface area contributed by atoms with Crippen LogP contribution >= 0.6 is 27.5 Å². The van der Waals surface area contributed by atoms with Gasteiger partial charge in [0, 0.05) is 16.1 Å². The predicted molar refractivity (Wildman–Crippen MR) is 84.0 cm³/mol. The van der Waals surface area contributed by atoms with Crippen molar-refractivity contribution in [2.75, 3.05) is 0 Å². The predicted octanol–water partition coefficient (Wildman–Crippen LogP) is 1.79. The number of H-pyrrole nitrogens is 1.